The molecule has 1 aliphatic rings. The van der Waals surface area contributed by atoms with Gasteiger partial charge in [-0.2, -0.15) is 0 Å². The van der Waals surface area contributed by atoms with Crippen LogP contribution in [0.25, 0.3) is 0 Å². The number of rotatable bonds is 4. The molecule has 0 saturated carbocycles. The third-order valence-electron chi connectivity index (χ3n) is 4.05. The van der Waals surface area contributed by atoms with Crippen molar-refractivity contribution in [2.45, 2.75) is 44.8 Å². The Labute approximate surface area is 126 Å². The van der Waals surface area contributed by atoms with Crippen molar-refractivity contribution >= 4 is 17.2 Å². The fraction of sp³-hybridized carbons (Fsp3) is 0.562. The standard InChI is InChI=1S/C16H24N2OS/c1-11(2)12-3-5-13(6-4-12)15(16(17)20)18-9-7-14(19)8-10-18/h3-6,11,14-15,19H,7-10H2,1-2H3,(H2,17,20). The second kappa shape index (κ2) is 6.66. The second-order valence-corrected chi connectivity index (χ2v) is 6.36. The lowest BCUT2D eigenvalue weighted by molar-refractivity contribution is 0.0739. The Morgan fingerprint density at radius 3 is 2.15 bits per heavy atom. The summed E-state index contributed by atoms with van der Waals surface area (Å²) in [7, 11) is 0. The van der Waals surface area contributed by atoms with Crippen LogP contribution in [0.1, 0.15) is 49.8 Å². The molecular formula is C16H24N2OS. The van der Waals surface area contributed by atoms with Gasteiger partial charge in [-0.15, -0.1) is 0 Å². The first-order chi connectivity index (χ1) is 9.49. The lowest BCUT2D eigenvalue weighted by Gasteiger charge is -2.36. The molecule has 2 rings (SSSR count). The van der Waals surface area contributed by atoms with Crippen molar-refractivity contribution < 1.29 is 5.11 Å². The van der Waals surface area contributed by atoms with Crippen LogP contribution in [0.15, 0.2) is 24.3 Å². The van der Waals surface area contributed by atoms with Crippen molar-refractivity contribution in [3.8, 4) is 0 Å². The molecule has 1 aromatic carbocycles. The molecule has 4 heteroatoms. The molecule has 0 aromatic heterocycles. The van der Waals surface area contributed by atoms with Gasteiger partial charge >= 0.3 is 0 Å². The summed E-state index contributed by atoms with van der Waals surface area (Å²) < 4.78 is 0. The Morgan fingerprint density at radius 1 is 1.20 bits per heavy atom. The molecule has 110 valence electrons. The number of aliphatic hydroxyl groups excluding tert-OH is 1. The van der Waals surface area contributed by atoms with Crippen molar-refractivity contribution in [3.05, 3.63) is 35.4 Å². The maximum atomic E-state index is 9.62. The maximum absolute atomic E-state index is 9.62. The van der Waals surface area contributed by atoms with Crippen molar-refractivity contribution in [2.75, 3.05) is 13.1 Å². The zero-order valence-electron chi connectivity index (χ0n) is 12.2. The van der Waals surface area contributed by atoms with Gasteiger partial charge in [-0.3, -0.25) is 4.90 Å². The van der Waals surface area contributed by atoms with Crippen LogP contribution in [-0.4, -0.2) is 34.2 Å². The molecule has 1 heterocycles. The summed E-state index contributed by atoms with van der Waals surface area (Å²) in [5.74, 6) is 0.525. The molecule has 0 spiro atoms. The molecule has 20 heavy (non-hydrogen) atoms. The van der Waals surface area contributed by atoms with E-state index in [1.165, 1.54) is 5.56 Å². The number of benzene rings is 1. The number of thiocarbonyl (C=S) groups is 1. The molecule has 3 N–H and O–H groups in total. The van der Waals surface area contributed by atoms with E-state index in [4.69, 9.17) is 18.0 Å². The third-order valence-corrected chi connectivity index (χ3v) is 4.28. The fourth-order valence-electron chi connectivity index (χ4n) is 2.76. The summed E-state index contributed by atoms with van der Waals surface area (Å²) in [6.07, 6.45) is 1.41. The highest BCUT2D eigenvalue weighted by Crippen LogP contribution is 2.26. The van der Waals surface area contributed by atoms with Crippen LogP contribution in [-0.2, 0) is 0 Å². The van der Waals surface area contributed by atoms with E-state index in [0.717, 1.165) is 31.5 Å². The molecule has 1 aromatic rings. The van der Waals surface area contributed by atoms with Crippen LogP contribution >= 0.6 is 12.2 Å². The van der Waals surface area contributed by atoms with Crippen LogP contribution < -0.4 is 5.73 Å². The minimum Gasteiger partial charge on any atom is -0.393 e. The van der Waals surface area contributed by atoms with Crippen molar-refractivity contribution in [2.24, 2.45) is 5.73 Å². The van der Waals surface area contributed by atoms with Crippen LogP contribution in [0.3, 0.4) is 0 Å². The van der Waals surface area contributed by atoms with Crippen molar-refractivity contribution in [1.82, 2.24) is 4.90 Å². The molecule has 3 nitrogen and oxygen atoms in total. The van der Waals surface area contributed by atoms with Gasteiger partial charge in [-0.25, -0.2) is 0 Å². The highest BCUT2D eigenvalue weighted by molar-refractivity contribution is 7.80. The Kier molecular flexibility index (Phi) is 5.13. The Morgan fingerprint density at radius 2 is 1.70 bits per heavy atom. The van der Waals surface area contributed by atoms with E-state index < -0.39 is 0 Å². The Bertz CT molecular complexity index is 450. The predicted octanol–water partition coefficient (Wildman–Crippen LogP) is 2.59. The second-order valence-electron chi connectivity index (χ2n) is 5.89. The number of likely N-dealkylation sites (tertiary alicyclic amines) is 1. The number of aliphatic hydroxyl groups is 1. The van der Waals surface area contributed by atoms with E-state index in [0.29, 0.717) is 10.9 Å². The number of nitrogens with two attached hydrogens (primary N) is 1. The quantitative estimate of drug-likeness (QED) is 0.838. The molecule has 1 saturated heterocycles. The van der Waals surface area contributed by atoms with Gasteiger partial charge in [0.2, 0.25) is 0 Å². The minimum atomic E-state index is -0.179. The average Bonchev–Trinajstić information content (AvgIpc) is 2.41. The van der Waals surface area contributed by atoms with E-state index in [9.17, 15) is 5.11 Å². The van der Waals surface area contributed by atoms with Gasteiger partial charge in [-0.1, -0.05) is 50.3 Å². The Hall–Kier alpha value is -0.970. The maximum Gasteiger partial charge on any atom is 0.0948 e. The van der Waals surface area contributed by atoms with E-state index in [-0.39, 0.29) is 12.1 Å². The van der Waals surface area contributed by atoms with Crippen LogP contribution in [0.2, 0.25) is 0 Å². The van der Waals surface area contributed by atoms with Crippen LogP contribution in [0, 0.1) is 0 Å². The highest BCUT2D eigenvalue weighted by atomic mass is 32.1. The molecule has 1 fully saturated rings. The van der Waals surface area contributed by atoms with Gasteiger partial charge in [0.15, 0.2) is 0 Å². The number of hydrogen-bond donors (Lipinski definition) is 2. The SMILES string of the molecule is CC(C)c1ccc(C(C(N)=S)N2CCC(O)CC2)cc1. The lowest BCUT2D eigenvalue weighted by Crippen LogP contribution is -2.43. The zero-order valence-corrected chi connectivity index (χ0v) is 13.1. The Balaban J connectivity index is 2.18. The third kappa shape index (κ3) is 3.57. The van der Waals surface area contributed by atoms with E-state index in [1.807, 2.05) is 0 Å². The number of nitrogens with zero attached hydrogens (tertiary/aromatic N) is 1. The van der Waals surface area contributed by atoms with Crippen molar-refractivity contribution in [1.29, 1.82) is 0 Å². The van der Waals surface area contributed by atoms with E-state index in [2.05, 4.69) is 43.0 Å². The van der Waals surface area contributed by atoms with Crippen LogP contribution in [0.5, 0.6) is 0 Å². The van der Waals surface area contributed by atoms with Gasteiger partial charge in [-0.05, 0) is 29.9 Å². The summed E-state index contributed by atoms with van der Waals surface area (Å²) in [5.41, 5.74) is 8.43. The first kappa shape index (κ1) is 15.4. The van der Waals surface area contributed by atoms with Gasteiger partial charge in [0.05, 0.1) is 17.1 Å². The zero-order chi connectivity index (χ0) is 14.7. The monoisotopic (exact) mass is 292 g/mol. The topological polar surface area (TPSA) is 49.5 Å². The summed E-state index contributed by atoms with van der Waals surface area (Å²) in [4.78, 5) is 2.79. The molecular weight excluding hydrogens is 268 g/mol. The van der Waals surface area contributed by atoms with Crippen LogP contribution in [0.4, 0.5) is 0 Å². The summed E-state index contributed by atoms with van der Waals surface area (Å²) in [6, 6.07) is 8.56. The minimum absolute atomic E-state index is 0.0151. The molecule has 1 unspecified atom stereocenters. The van der Waals surface area contributed by atoms with Gasteiger partial charge in [0.25, 0.3) is 0 Å². The fourth-order valence-corrected chi connectivity index (χ4v) is 3.05. The smallest absolute Gasteiger partial charge is 0.0948 e. The summed E-state index contributed by atoms with van der Waals surface area (Å²) >= 11 is 5.27. The van der Waals surface area contributed by atoms with E-state index >= 15 is 0 Å². The molecule has 0 amide bonds. The average molecular weight is 292 g/mol. The van der Waals surface area contributed by atoms with Crippen molar-refractivity contribution in [3.63, 3.8) is 0 Å². The number of piperidine rings is 1. The first-order valence-corrected chi connectivity index (χ1v) is 7.71. The van der Waals surface area contributed by atoms with Gasteiger partial charge < -0.3 is 10.8 Å². The molecule has 1 atom stereocenters. The predicted molar refractivity (Wildman–Crippen MR) is 86.9 cm³/mol. The van der Waals surface area contributed by atoms with E-state index in [1.54, 1.807) is 0 Å². The van der Waals surface area contributed by atoms with Gasteiger partial charge in [0, 0.05) is 13.1 Å². The van der Waals surface area contributed by atoms with Gasteiger partial charge in [0.1, 0.15) is 0 Å². The highest BCUT2D eigenvalue weighted by Gasteiger charge is 2.27. The largest absolute Gasteiger partial charge is 0.393 e. The first-order valence-electron chi connectivity index (χ1n) is 7.30. The number of hydrogen-bond acceptors (Lipinski definition) is 3. The summed E-state index contributed by atoms with van der Waals surface area (Å²) in [5, 5.41) is 9.62. The molecule has 0 radical (unpaired) electrons. The molecule has 0 aliphatic carbocycles. The normalized spacial score (nSPS) is 19.2. The summed E-state index contributed by atoms with van der Waals surface area (Å²) in [6.45, 7) is 6.06. The molecule has 0 bridgehead atoms. The lowest BCUT2D eigenvalue weighted by atomic mass is 9.97. The molecule has 1 aliphatic heterocycles.